The third kappa shape index (κ3) is 5.45. The quantitative estimate of drug-likeness (QED) is 0.770. The summed E-state index contributed by atoms with van der Waals surface area (Å²) in [5, 5.41) is 11.7. The lowest BCUT2D eigenvalue weighted by molar-refractivity contribution is -0.143. The van der Waals surface area contributed by atoms with Gasteiger partial charge in [0.15, 0.2) is 0 Å². The highest BCUT2D eigenvalue weighted by molar-refractivity contribution is 5.84. The van der Waals surface area contributed by atoms with Gasteiger partial charge in [-0.1, -0.05) is 32.0 Å². The van der Waals surface area contributed by atoms with Crippen LogP contribution in [0.25, 0.3) is 0 Å². The Hall–Kier alpha value is -2.04. The molecule has 0 saturated heterocycles. The molecule has 0 fully saturated rings. The van der Waals surface area contributed by atoms with Gasteiger partial charge in [-0.3, -0.25) is 4.79 Å². The van der Waals surface area contributed by atoms with Crippen LogP contribution >= 0.6 is 0 Å². The van der Waals surface area contributed by atoms with E-state index < -0.39 is 12.0 Å². The van der Waals surface area contributed by atoms with Crippen molar-refractivity contribution in [2.75, 3.05) is 18.0 Å². The minimum absolute atomic E-state index is 0.136. The zero-order chi connectivity index (χ0) is 15.8. The first-order valence-corrected chi connectivity index (χ1v) is 7.27. The molecule has 0 spiro atoms. The summed E-state index contributed by atoms with van der Waals surface area (Å²) in [6.07, 6.45) is 0.277. The van der Waals surface area contributed by atoms with Crippen molar-refractivity contribution in [2.45, 2.75) is 33.2 Å². The number of para-hydroxylation sites is 1. The molecule has 21 heavy (non-hydrogen) atoms. The average Bonchev–Trinajstić information content (AvgIpc) is 2.46. The molecule has 0 saturated carbocycles. The van der Waals surface area contributed by atoms with Gasteiger partial charge in [-0.05, 0) is 25.0 Å². The van der Waals surface area contributed by atoms with E-state index >= 15 is 0 Å². The number of nitrogens with one attached hydrogen (secondary N) is 1. The molecule has 0 aliphatic heterocycles. The molecule has 2 N–H and O–H groups in total. The maximum atomic E-state index is 11.9. The highest BCUT2D eigenvalue weighted by Gasteiger charge is 2.23. The first-order valence-electron chi connectivity index (χ1n) is 7.27. The molecule has 0 aromatic heterocycles. The molecule has 0 bridgehead atoms. The fraction of sp³-hybridized carbons (Fsp3) is 0.500. The summed E-state index contributed by atoms with van der Waals surface area (Å²) in [6, 6.07) is 9.02. The summed E-state index contributed by atoms with van der Waals surface area (Å²) in [5.41, 5.74) is 1.06. The van der Waals surface area contributed by atoms with Crippen molar-refractivity contribution >= 4 is 17.6 Å². The summed E-state index contributed by atoms with van der Waals surface area (Å²) in [5.74, 6) is -1.36. The minimum atomic E-state index is -0.992. The van der Waals surface area contributed by atoms with Crippen LogP contribution in [0.5, 0.6) is 0 Å². The van der Waals surface area contributed by atoms with Gasteiger partial charge < -0.3 is 15.3 Å². The number of carboxylic acid groups (broad SMARTS) is 1. The Morgan fingerprint density at radius 1 is 1.24 bits per heavy atom. The Labute approximate surface area is 126 Å². The summed E-state index contributed by atoms with van der Waals surface area (Å²) in [4.78, 5) is 25.1. The number of amides is 1. The molecule has 0 radical (unpaired) electrons. The van der Waals surface area contributed by atoms with Gasteiger partial charge in [-0.2, -0.15) is 0 Å². The second-order valence-electron chi connectivity index (χ2n) is 5.29. The van der Waals surface area contributed by atoms with Gasteiger partial charge in [0.2, 0.25) is 5.91 Å². The number of aliphatic carboxylic acids is 1. The minimum Gasteiger partial charge on any atom is -0.480 e. The monoisotopic (exact) mass is 292 g/mol. The molecular weight excluding hydrogens is 268 g/mol. The van der Waals surface area contributed by atoms with Gasteiger partial charge in [0.1, 0.15) is 6.04 Å². The molecule has 1 rings (SSSR count). The molecule has 5 heteroatoms. The second kappa shape index (κ2) is 8.29. The van der Waals surface area contributed by atoms with Gasteiger partial charge in [-0.25, -0.2) is 4.79 Å². The van der Waals surface area contributed by atoms with E-state index in [0.717, 1.165) is 12.2 Å². The van der Waals surface area contributed by atoms with Crippen LogP contribution in [-0.4, -0.2) is 36.1 Å². The summed E-state index contributed by atoms with van der Waals surface area (Å²) in [6.45, 7) is 6.95. The number of carbonyl (C=O) groups excluding carboxylic acids is 1. The third-order valence-corrected chi connectivity index (χ3v) is 3.36. The van der Waals surface area contributed by atoms with Gasteiger partial charge in [-0.15, -0.1) is 0 Å². The lowest BCUT2D eigenvalue weighted by atomic mass is 10.0. The van der Waals surface area contributed by atoms with Crippen molar-refractivity contribution in [3.8, 4) is 0 Å². The molecule has 0 aliphatic rings. The fourth-order valence-corrected chi connectivity index (χ4v) is 2.10. The fourth-order valence-electron chi connectivity index (χ4n) is 2.10. The number of benzene rings is 1. The van der Waals surface area contributed by atoms with Gasteiger partial charge in [0.05, 0.1) is 0 Å². The zero-order valence-corrected chi connectivity index (χ0v) is 12.9. The van der Waals surface area contributed by atoms with E-state index in [1.165, 1.54) is 0 Å². The van der Waals surface area contributed by atoms with E-state index in [-0.39, 0.29) is 18.2 Å². The summed E-state index contributed by atoms with van der Waals surface area (Å²) >= 11 is 0. The molecule has 1 aromatic rings. The zero-order valence-electron chi connectivity index (χ0n) is 12.9. The van der Waals surface area contributed by atoms with Gasteiger partial charge in [0, 0.05) is 25.2 Å². The van der Waals surface area contributed by atoms with E-state index in [0.29, 0.717) is 6.54 Å². The van der Waals surface area contributed by atoms with Crippen LogP contribution in [0, 0.1) is 5.92 Å². The van der Waals surface area contributed by atoms with Gasteiger partial charge >= 0.3 is 5.97 Å². The number of hydrogen-bond donors (Lipinski definition) is 2. The van der Waals surface area contributed by atoms with Crippen molar-refractivity contribution in [3.63, 3.8) is 0 Å². The molecule has 1 aromatic carbocycles. The Balaban J connectivity index is 2.53. The van der Waals surface area contributed by atoms with Crippen LogP contribution in [-0.2, 0) is 9.59 Å². The molecule has 1 unspecified atom stereocenters. The lowest BCUT2D eigenvalue weighted by Gasteiger charge is -2.24. The van der Waals surface area contributed by atoms with Crippen molar-refractivity contribution in [1.82, 2.24) is 5.32 Å². The van der Waals surface area contributed by atoms with E-state index in [9.17, 15) is 9.59 Å². The van der Waals surface area contributed by atoms with Crippen molar-refractivity contribution in [1.29, 1.82) is 0 Å². The summed E-state index contributed by atoms with van der Waals surface area (Å²) < 4.78 is 0. The van der Waals surface area contributed by atoms with Crippen LogP contribution in [0.15, 0.2) is 30.3 Å². The highest BCUT2D eigenvalue weighted by atomic mass is 16.4. The van der Waals surface area contributed by atoms with Crippen LogP contribution in [0.4, 0.5) is 5.69 Å². The highest BCUT2D eigenvalue weighted by Crippen LogP contribution is 2.13. The number of carbonyl (C=O) groups is 2. The summed E-state index contributed by atoms with van der Waals surface area (Å²) in [7, 11) is 0. The van der Waals surface area contributed by atoms with Crippen LogP contribution in [0.1, 0.15) is 27.2 Å². The standard InChI is InChI=1S/C16H24N2O3/c1-4-18(13-8-6-5-7-9-13)11-10-14(19)17-15(12(2)3)16(20)21/h5-9,12,15H,4,10-11H2,1-3H3,(H,17,19)(H,20,21). The first kappa shape index (κ1) is 17.0. The molecule has 5 nitrogen and oxygen atoms in total. The smallest absolute Gasteiger partial charge is 0.326 e. The number of anilines is 1. The Morgan fingerprint density at radius 3 is 2.33 bits per heavy atom. The second-order valence-corrected chi connectivity index (χ2v) is 5.29. The third-order valence-electron chi connectivity index (χ3n) is 3.36. The molecule has 0 aliphatic carbocycles. The molecular formula is C16H24N2O3. The van der Waals surface area contributed by atoms with Crippen molar-refractivity contribution in [3.05, 3.63) is 30.3 Å². The van der Waals surface area contributed by atoms with Crippen molar-refractivity contribution < 1.29 is 14.7 Å². The number of nitrogens with zero attached hydrogens (tertiary/aromatic N) is 1. The molecule has 1 amide bonds. The van der Waals surface area contributed by atoms with E-state index in [1.54, 1.807) is 13.8 Å². The van der Waals surface area contributed by atoms with E-state index in [2.05, 4.69) is 10.2 Å². The Morgan fingerprint density at radius 2 is 1.86 bits per heavy atom. The van der Waals surface area contributed by atoms with E-state index in [4.69, 9.17) is 5.11 Å². The van der Waals surface area contributed by atoms with Crippen molar-refractivity contribution in [2.24, 2.45) is 5.92 Å². The Kier molecular flexibility index (Phi) is 6.72. The normalized spacial score (nSPS) is 12.0. The molecule has 1 atom stereocenters. The SMILES string of the molecule is CCN(CCC(=O)NC(C(=O)O)C(C)C)c1ccccc1. The number of rotatable bonds is 8. The Bertz CT molecular complexity index is 460. The lowest BCUT2D eigenvalue weighted by Crippen LogP contribution is -2.45. The van der Waals surface area contributed by atoms with Gasteiger partial charge in [0.25, 0.3) is 0 Å². The topological polar surface area (TPSA) is 69.6 Å². The largest absolute Gasteiger partial charge is 0.480 e. The number of hydrogen-bond acceptors (Lipinski definition) is 3. The number of carboxylic acids is 1. The average molecular weight is 292 g/mol. The molecule has 116 valence electrons. The van der Waals surface area contributed by atoms with Crippen LogP contribution in [0.2, 0.25) is 0 Å². The maximum absolute atomic E-state index is 11.9. The predicted octanol–water partition coefficient (Wildman–Crippen LogP) is 2.13. The predicted molar refractivity (Wildman–Crippen MR) is 83.4 cm³/mol. The first-order chi connectivity index (χ1) is 9.95. The maximum Gasteiger partial charge on any atom is 0.326 e. The molecule has 0 heterocycles. The van der Waals surface area contributed by atoms with E-state index in [1.807, 2.05) is 37.3 Å². The van der Waals surface area contributed by atoms with Crippen LogP contribution in [0.3, 0.4) is 0 Å². The van der Waals surface area contributed by atoms with Crippen LogP contribution < -0.4 is 10.2 Å².